The Morgan fingerprint density at radius 3 is 2.56 bits per heavy atom. The second-order valence-corrected chi connectivity index (χ2v) is 3.75. The first-order valence-corrected chi connectivity index (χ1v) is 5.62. The van der Waals surface area contributed by atoms with Crippen LogP contribution in [0.25, 0.3) is 10.8 Å². The van der Waals surface area contributed by atoms with Crippen LogP contribution in [0.5, 0.6) is 5.75 Å². The molecule has 0 heterocycles. The number of fused-ring (bicyclic) bond motifs is 1. The van der Waals surface area contributed by atoms with E-state index in [1.807, 2.05) is 24.3 Å². The zero-order valence-electron chi connectivity index (χ0n) is 8.45. The van der Waals surface area contributed by atoms with Crippen molar-refractivity contribution in [2.75, 3.05) is 12.5 Å². The van der Waals surface area contributed by atoms with E-state index in [9.17, 15) is 0 Å². The fraction of sp³-hybridized carbons (Fsp3) is 0.231. The van der Waals surface area contributed by atoms with E-state index in [1.54, 1.807) is 0 Å². The molecule has 2 aromatic carbocycles. The van der Waals surface area contributed by atoms with Gasteiger partial charge in [0.25, 0.3) is 0 Å². The minimum absolute atomic E-state index is 0. The summed E-state index contributed by atoms with van der Waals surface area (Å²) < 4.78 is 5.68. The highest BCUT2D eigenvalue weighted by atomic mass is 35.5. The van der Waals surface area contributed by atoms with Gasteiger partial charge in [-0.2, -0.15) is 0 Å². The molecule has 86 valence electrons. The zero-order chi connectivity index (χ0) is 10.5. The number of ether oxygens (including phenoxy) is 1. The van der Waals surface area contributed by atoms with E-state index in [-0.39, 0.29) is 11.0 Å². The van der Waals surface area contributed by atoms with E-state index >= 15 is 0 Å². The fourth-order valence-electron chi connectivity index (χ4n) is 1.56. The highest BCUT2D eigenvalue weighted by Gasteiger charge is 1.99. The maximum absolute atomic E-state index is 5.68. The molecule has 0 fully saturated rings. The van der Waals surface area contributed by atoms with Crippen LogP contribution < -0.4 is 4.74 Å². The summed E-state index contributed by atoms with van der Waals surface area (Å²) in [5.41, 5.74) is 0. The van der Waals surface area contributed by atoms with Gasteiger partial charge in [0.05, 0.1) is 6.61 Å². The van der Waals surface area contributed by atoms with Crippen LogP contribution in [0, 0.1) is 0 Å². The molecule has 2 rings (SSSR count). The lowest BCUT2D eigenvalue weighted by atomic mass is 10.1. The van der Waals surface area contributed by atoms with Crippen LogP contribution in [0.2, 0.25) is 0 Å². The number of halogens is 1. The standard InChI is InChI=1S/C13H13ClO.H4Si/c14-9-4-10-15-13-8-3-6-11-5-1-2-7-12(11)13;/h1-3,5-8H,4,9-10H2;1H4. The zero-order valence-corrected chi connectivity index (χ0v) is 9.20. The molecule has 0 saturated carbocycles. The highest BCUT2D eigenvalue weighted by Crippen LogP contribution is 2.25. The van der Waals surface area contributed by atoms with E-state index in [4.69, 9.17) is 16.3 Å². The molecule has 3 heteroatoms. The lowest BCUT2D eigenvalue weighted by molar-refractivity contribution is 0.322. The lowest BCUT2D eigenvalue weighted by Crippen LogP contribution is -1.98. The van der Waals surface area contributed by atoms with Gasteiger partial charge in [-0.3, -0.25) is 0 Å². The Morgan fingerprint density at radius 1 is 1.00 bits per heavy atom. The molecule has 0 saturated heterocycles. The van der Waals surface area contributed by atoms with Crippen molar-refractivity contribution in [3.63, 3.8) is 0 Å². The van der Waals surface area contributed by atoms with Gasteiger partial charge < -0.3 is 4.74 Å². The van der Waals surface area contributed by atoms with Crippen molar-refractivity contribution in [1.82, 2.24) is 0 Å². The number of hydrogen-bond donors (Lipinski definition) is 0. The lowest BCUT2D eigenvalue weighted by Gasteiger charge is -2.08. The van der Waals surface area contributed by atoms with Gasteiger partial charge in [-0.25, -0.2) is 0 Å². The monoisotopic (exact) mass is 252 g/mol. The van der Waals surface area contributed by atoms with Gasteiger partial charge in [0, 0.05) is 11.3 Å². The van der Waals surface area contributed by atoms with E-state index in [0.29, 0.717) is 12.5 Å². The third-order valence-corrected chi connectivity index (χ3v) is 2.55. The Balaban J connectivity index is 0.00000128. The molecule has 0 atom stereocenters. The first-order chi connectivity index (χ1) is 7.42. The molecule has 1 nitrogen and oxygen atoms in total. The molecule has 0 unspecified atom stereocenters. The minimum atomic E-state index is 0. The van der Waals surface area contributed by atoms with Gasteiger partial charge in [-0.15, -0.1) is 11.6 Å². The Hall–Kier alpha value is -0.993. The smallest absolute Gasteiger partial charge is 0.127 e. The topological polar surface area (TPSA) is 9.23 Å². The van der Waals surface area contributed by atoms with Crippen molar-refractivity contribution in [1.29, 1.82) is 0 Å². The average Bonchev–Trinajstić information content (AvgIpc) is 2.30. The molecule has 0 aliphatic heterocycles. The molecule has 0 aliphatic carbocycles. The third-order valence-electron chi connectivity index (χ3n) is 2.29. The number of hydrogen-bond acceptors (Lipinski definition) is 1. The van der Waals surface area contributed by atoms with Gasteiger partial charge in [0.1, 0.15) is 5.75 Å². The summed E-state index contributed by atoms with van der Waals surface area (Å²) in [6, 6.07) is 14.3. The quantitative estimate of drug-likeness (QED) is 0.461. The summed E-state index contributed by atoms with van der Waals surface area (Å²) in [5.74, 6) is 1.59. The molecule has 0 N–H and O–H groups in total. The number of alkyl halides is 1. The van der Waals surface area contributed by atoms with Crippen molar-refractivity contribution < 1.29 is 4.74 Å². The van der Waals surface area contributed by atoms with E-state index in [2.05, 4.69) is 18.2 Å². The van der Waals surface area contributed by atoms with Gasteiger partial charge in [0.2, 0.25) is 0 Å². The van der Waals surface area contributed by atoms with Crippen molar-refractivity contribution in [3.8, 4) is 5.75 Å². The fourth-order valence-corrected chi connectivity index (χ4v) is 1.67. The van der Waals surface area contributed by atoms with Crippen molar-refractivity contribution in [2.45, 2.75) is 6.42 Å². The Kier molecular flexibility index (Phi) is 5.36. The van der Waals surface area contributed by atoms with Gasteiger partial charge >= 0.3 is 0 Å². The third kappa shape index (κ3) is 3.00. The first kappa shape index (κ1) is 13.1. The minimum Gasteiger partial charge on any atom is -0.493 e. The molecular formula is C13H17ClOSi. The predicted octanol–water partition coefficient (Wildman–Crippen LogP) is 2.40. The molecule has 0 spiro atoms. The van der Waals surface area contributed by atoms with Crippen LogP contribution in [0.1, 0.15) is 6.42 Å². The van der Waals surface area contributed by atoms with Crippen LogP contribution in [0.4, 0.5) is 0 Å². The molecule has 16 heavy (non-hydrogen) atoms. The SMILES string of the molecule is ClCCCOc1cccc2ccccc12.[SiH4]. The highest BCUT2D eigenvalue weighted by molar-refractivity contribution is 6.17. The molecule has 0 radical (unpaired) electrons. The van der Waals surface area contributed by atoms with Gasteiger partial charge in [-0.05, 0) is 28.8 Å². The molecule has 0 amide bonds. The van der Waals surface area contributed by atoms with Crippen molar-refractivity contribution >= 4 is 33.3 Å². The Bertz CT molecular complexity index is 439. The van der Waals surface area contributed by atoms with Crippen LogP contribution in [0.3, 0.4) is 0 Å². The van der Waals surface area contributed by atoms with Gasteiger partial charge in [-0.1, -0.05) is 36.4 Å². The maximum Gasteiger partial charge on any atom is 0.127 e. The summed E-state index contributed by atoms with van der Waals surface area (Å²) in [5, 5.41) is 2.37. The summed E-state index contributed by atoms with van der Waals surface area (Å²) in [7, 11) is 0. The largest absolute Gasteiger partial charge is 0.493 e. The van der Waals surface area contributed by atoms with E-state index in [0.717, 1.165) is 17.6 Å². The van der Waals surface area contributed by atoms with Crippen LogP contribution >= 0.6 is 11.6 Å². The van der Waals surface area contributed by atoms with E-state index < -0.39 is 0 Å². The summed E-state index contributed by atoms with van der Waals surface area (Å²) in [6.45, 7) is 0.678. The number of rotatable bonds is 4. The Labute approximate surface area is 105 Å². The summed E-state index contributed by atoms with van der Waals surface area (Å²) in [4.78, 5) is 0. The summed E-state index contributed by atoms with van der Waals surface area (Å²) in [6.07, 6.45) is 0.880. The second kappa shape index (κ2) is 6.56. The van der Waals surface area contributed by atoms with Crippen LogP contribution in [-0.4, -0.2) is 23.5 Å². The molecular weight excluding hydrogens is 236 g/mol. The first-order valence-electron chi connectivity index (χ1n) is 5.08. The molecule has 0 bridgehead atoms. The van der Waals surface area contributed by atoms with Crippen LogP contribution in [-0.2, 0) is 0 Å². The molecule has 0 aromatic heterocycles. The Morgan fingerprint density at radius 2 is 1.75 bits per heavy atom. The predicted molar refractivity (Wildman–Crippen MR) is 76.1 cm³/mol. The van der Waals surface area contributed by atoms with Gasteiger partial charge in [0.15, 0.2) is 0 Å². The molecule has 0 aliphatic rings. The number of benzene rings is 2. The normalized spacial score (nSPS) is 9.81. The summed E-state index contributed by atoms with van der Waals surface area (Å²) >= 11 is 5.61. The maximum atomic E-state index is 5.68. The average molecular weight is 253 g/mol. The van der Waals surface area contributed by atoms with E-state index in [1.165, 1.54) is 5.39 Å². The molecule has 2 aromatic rings. The van der Waals surface area contributed by atoms with Crippen molar-refractivity contribution in [3.05, 3.63) is 42.5 Å². The van der Waals surface area contributed by atoms with Crippen molar-refractivity contribution in [2.24, 2.45) is 0 Å². The van der Waals surface area contributed by atoms with Crippen LogP contribution in [0.15, 0.2) is 42.5 Å². The second-order valence-electron chi connectivity index (χ2n) is 3.37.